The van der Waals surface area contributed by atoms with Gasteiger partial charge in [-0.25, -0.2) is 26.9 Å². The number of aliphatic hydroxyl groups is 1. The lowest BCUT2D eigenvalue weighted by molar-refractivity contribution is -0.125. The van der Waals surface area contributed by atoms with Gasteiger partial charge in [0.2, 0.25) is 17.6 Å². The molecular formula is C41H27Cl2F5N2O7. The first kappa shape index (κ1) is 38.4. The zero-order valence-corrected chi connectivity index (χ0v) is 30.7. The molecule has 0 spiro atoms. The Kier molecular flexibility index (Phi) is 9.36. The normalized spacial score (nSPS) is 26.6. The number of halogens is 7. The second-order valence-electron chi connectivity index (χ2n) is 14.1. The average Bonchev–Trinajstić information content (AvgIpc) is 3.56. The predicted molar refractivity (Wildman–Crippen MR) is 194 cm³/mol. The highest BCUT2D eigenvalue weighted by atomic mass is 35.5. The van der Waals surface area contributed by atoms with Crippen LogP contribution in [0.25, 0.3) is 0 Å². The minimum atomic E-state index is -2.68. The Labute approximate surface area is 330 Å². The molecule has 16 heteroatoms. The number of nitrogens with zero attached hydrogens (tertiary/aromatic N) is 2. The van der Waals surface area contributed by atoms with Gasteiger partial charge in [0.15, 0.2) is 38.8 Å². The zero-order chi connectivity index (χ0) is 40.7. The summed E-state index contributed by atoms with van der Waals surface area (Å²) in [5.41, 5.74) is -0.546. The smallest absolute Gasteiger partial charge is 0.258 e. The molecule has 0 bridgehead atoms. The van der Waals surface area contributed by atoms with Gasteiger partial charge in [-0.1, -0.05) is 54.1 Å². The van der Waals surface area contributed by atoms with Crippen LogP contribution in [0.2, 0.25) is 0 Å². The van der Waals surface area contributed by atoms with Crippen molar-refractivity contribution in [3.8, 4) is 5.75 Å². The molecule has 0 unspecified atom stereocenters. The number of carbonyl (C=O) groups is 5. The van der Waals surface area contributed by atoms with Crippen molar-refractivity contribution < 1.29 is 55.8 Å². The van der Waals surface area contributed by atoms with E-state index in [0.29, 0.717) is 11.1 Å². The van der Waals surface area contributed by atoms with E-state index in [9.17, 15) is 42.3 Å². The molecule has 2 aliphatic heterocycles. The fourth-order valence-corrected chi connectivity index (χ4v) is 9.57. The Balaban J connectivity index is 1.22. The third-order valence-electron chi connectivity index (χ3n) is 11.2. The molecule has 4 amide bonds. The van der Waals surface area contributed by atoms with Crippen LogP contribution in [0.15, 0.2) is 90.5 Å². The summed E-state index contributed by atoms with van der Waals surface area (Å²) in [5, 5.41) is 9.20. The van der Waals surface area contributed by atoms with Crippen LogP contribution in [0, 0.1) is 46.8 Å². The third kappa shape index (κ3) is 5.48. The Morgan fingerprint density at radius 3 is 1.95 bits per heavy atom. The number of ether oxygens (including phenoxy) is 1. The SMILES string of the molecule is O=C(c1ccccc1)c1ccc(N2C(=O)[C@H]3[C@H](CC=C4[C@H]3C[C@@]3(Cl)C(=O)N(c5c(F)c(F)c(F)c(F)c5F)C(=O)[C@@]3(Cl)[C@H]4c3ccc(OCCO)cc3)C2=O)cc1. The monoisotopic (exact) mass is 824 g/mol. The Bertz CT molecular complexity index is 2410. The van der Waals surface area contributed by atoms with Crippen LogP contribution in [0.4, 0.5) is 33.3 Å². The number of rotatable bonds is 8. The van der Waals surface area contributed by atoms with Crippen LogP contribution in [0.5, 0.6) is 5.75 Å². The molecule has 292 valence electrons. The van der Waals surface area contributed by atoms with Gasteiger partial charge in [0.25, 0.3) is 11.8 Å². The van der Waals surface area contributed by atoms with Crippen LogP contribution in [-0.2, 0) is 19.2 Å². The summed E-state index contributed by atoms with van der Waals surface area (Å²) >= 11 is 14.4. The maximum atomic E-state index is 15.3. The number of anilines is 2. The van der Waals surface area contributed by atoms with Gasteiger partial charge in [-0.05, 0) is 60.7 Å². The van der Waals surface area contributed by atoms with Crippen LogP contribution in [0.1, 0.15) is 40.2 Å². The zero-order valence-electron chi connectivity index (χ0n) is 29.2. The van der Waals surface area contributed by atoms with E-state index < -0.39 is 98.2 Å². The number of ketones is 1. The maximum Gasteiger partial charge on any atom is 0.258 e. The summed E-state index contributed by atoms with van der Waals surface area (Å²) < 4.78 is 79.2. The van der Waals surface area contributed by atoms with Crippen molar-refractivity contribution in [1.29, 1.82) is 0 Å². The van der Waals surface area contributed by atoms with E-state index in [1.165, 1.54) is 48.5 Å². The molecule has 3 fully saturated rings. The van der Waals surface area contributed by atoms with Crippen LogP contribution < -0.4 is 14.5 Å². The maximum absolute atomic E-state index is 15.3. The number of amides is 4. The van der Waals surface area contributed by atoms with Crippen molar-refractivity contribution in [2.24, 2.45) is 17.8 Å². The summed E-state index contributed by atoms with van der Waals surface area (Å²) in [6, 6.07) is 20.0. The van der Waals surface area contributed by atoms with Crippen LogP contribution in [-0.4, -0.2) is 57.5 Å². The van der Waals surface area contributed by atoms with Crippen molar-refractivity contribution in [1.82, 2.24) is 0 Å². The van der Waals surface area contributed by atoms with E-state index in [2.05, 4.69) is 0 Å². The molecule has 1 N–H and O–H groups in total. The van der Waals surface area contributed by atoms with Crippen molar-refractivity contribution in [2.75, 3.05) is 23.0 Å². The highest BCUT2D eigenvalue weighted by Gasteiger charge is 2.77. The van der Waals surface area contributed by atoms with E-state index >= 15 is 8.78 Å². The molecule has 57 heavy (non-hydrogen) atoms. The Morgan fingerprint density at radius 1 is 0.737 bits per heavy atom. The van der Waals surface area contributed by atoms with Gasteiger partial charge in [-0.3, -0.25) is 28.9 Å². The molecule has 0 radical (unpaired) electrons. The van der Waals surface area contributed by atoms with Crippen LogP contribution >= 0.6 is 23.2 Å². The molecular weight excluding hydrogens is 798 g/mol. The number of hydrogen-bond donors (Lipinski definition) is 1. The summed E-state index contributed by atoms with van der Waals surface area (Å²) in [7, 11) is 0. The number of imide groups is 2. The fraction of sp³-hybridized carbons (Fsp3) is 0.244. The summed E-state index contributed by atoms with van der Waals surface area (Å²) in [6.07, 6.45) is 0.873. The number of aliphatic hydroxyl groups excluding tert-OH is 1. The molecule has 0 aromatic heterocycles. The number of benzene rings is 4. The molecule has 2 aliphatic carbocycles. The molecule has 2 saturated heterocycles. The number of carbonyl (C=O) groups excluding carboxylic acids is 5. The minimum Gasteiger partial charge on any atom is -0.491 e. The first-order valence-corrected chi connectivity index (χ1v) is 18.3. The molecule has 4 aromatic carbocycles. The molecule has 2 heterocycles. The van der Waals surface area contributed by atoms with E-state index in [1.54, 1.807) is 36.4 Å². The van der Waals surface area contributed by atoms with Gasteiger partial charge in [0.05, 0.1) is 24.1 Å². The van der Waals surface area contributed by atoms with Gasteiger partial charge in [0.1, 0.15) is 18.0 Å². The minimum absolute atomic E-state index is 0.0535. The average molecular weight is 826 g/mol. The van der Waals surface area contributed by atoms with Crippen molar-refractivity contribution in [2.45, 2.75) is 28.5 Å². The van der Waals surface area contributed by atoms with E-state index in [0.717, 1.165) is 4.90 Å². The molecule has 4 aliphatic rings. The highest BCUT2D eigenvalue weighted by Crippen LogP contribution is 2.66. The standard InChI is InChI=1S/C41H27Cl2F5N2O7/c42-40-18-26-24(14-15-25-27(26)37(54)49(36(25)53)22-10-6-21(7-11-22)35(52)20-4-2-1-3-5-20)28(19-8-12-23(13-9-19)57-17-16-51)41(40,43)39(56)50(38(40)55)34-32(47)30(45)29(44)31(46)33(34)48/h1-14,25-28,51H,15-18H2/t25-,26+,27-,28-,40+,41-/m0/s1. The fourth-order valence-electron chi connectivity index (χ4n) is 8.63. The second-order valence-corrected chi connectivity index (χ2v) is 15.3. The number of alkyl halides is 2. The quantitative estimate of drug-likeness (QED) is 0.0397. The lowest BCUT2D eigenvalue weighted by Crippen LogP contribution is -2.60. The summed E-state index contributed by atoms with van der Waals surface area (Å²) in [4.78, 5) is 65.8. The molecule has 1 saturated carbocycles. The van der Waals surface area contributed by atoms with E-state index in [-0.39, 0.29) is 52.9 Å². The van der Waals surface area contributed by atoms with Crippen molar-refractivity contribution in [3.63, 3.8) is 0 Å². The van der Waals surface area contributed by atoms with E-state index in [4.69, 9.17) is 27.9 Å². The number of hydrogen-bond acceptors (Lipinski definition) is 7. The van der Waals surface area contributed by atoms with Gasteiger partial charge >= 0.3 is 0 Å². The summed E-state index contributed by atoms with van der Waals surface area (Å²) in [6.45, 7) is -0.392. The largest absolute Gasteiger partial charge is 0.491 e. The van der Waals surface area contributed by atoms with E-state index in [1.807, 2.05) is 0 Å². The first-order valence-electron chi connectivity index (χ1n) is 17.6. The van der Waals surface area contributed by atoms with Gasteiger partial charge < -0.3 is 9.84 Å². The third-order valence-corrected chi connectivity index (χ3v) is 12.6. The molecule has 8 rings (SSSR count). The van der Waals surface area contributed by atoms with Crippen LogP contribution in [0.3, 0.4) is 0 Å². The first-order chi connectivity index (χ1) is 27.2. The van der Waals surface area contributed by atoms with Gasteiger partial charge in [-0.15, -0.1) is 23.2 Å². The number of fused-ring (bicyclic) bond motifs is 4. The Hall–Kier alpha value is -5.44. The lowest BCUT2D eigenvalue weighted by Gasteiger charge is -2.50. The van der Waals surface area contributed by atoms with Gasteiger partial charge in [-0.2, -0.15) is 0 Å². The Morgan fingerprint density at radius 2 is 1.33 bits per heavy atom. The second kappa shape index (κ2) is 13.9. The highest BCUT2D eigenvalue weighted by molar-refractivity contribution is 6.58. The molecule has 9 nitrogen and oxygen atoms in total. The van der Waals surface area contributed by atoms with Crippen molar-refractivity contribution in [3.05, 3.63) is 136 Å². The van der Waals surface area contributed by atoms with Crippen molar-refractivity contribution >= 4 is 64.0 Å². The molecule has 6 atom stereocenters. The van der Waals surface area contributed by atoms with Gasteiger partial charge in [0, 0.05) is 17.0 Å². The lowest BCUT2D eigenvalue weighted by atomic mass is 9.56. The molecule has 4 aromatic rings. The summed E-state index contributed by atoms with van der Waals surface area (Å²) in [5.74, 6) is -21.6. The topological polar surface area (TPSA) is 121 Å². The number of allylic oxidation sites excluding steroid dienone is 2. The predicted octanol–water partition coefficient (Wildman–Crippen LogP) is 6.75.